The molecule has 0 bridgehead atoms. The molecule has 1 N–H and O–H groups in total. The summed E-state index contributed by atoms with van der Waals surface area (Å²) in [7, 11) is 0. The number of likely N-dealkylation sites (tertiary alicyclic amines) is 1. The van der Waals surface area contributed by atoms with Gasteiger partial charge in [0.25, 0.3) is 5.91 Å². The predicted octanol–water partition coefficient (Wildman–Crippen LogP) is 2.91. The van der Waals surface area contributed by atoms with Gasteiger partial charge in [-0.25, -0.2) is 8.78 Å². The van der Waals surface area contributed by atoms with Crippen molar-refractivity contribution in [3.63, 3.8) is 0 Å². The van der Waals surface area contributed by atoms with Crippen LogP contribution >= 0.6 is 0 Å². The van der Waals surface area contributed by atoms with Crippen molar-refractivity contribution in [3.8, 4) is 0 Å². The second kappa shape index (κ2) is 7.09. The molecule has 1 saturated heterocycles. The minimum Gasteiger partial charge on any atom is -0.337 e. The van der Waals surface area contributed by atoms with Crippen LogP contribution in [-0.4, -0.2) is 39.6 Å². The molecule has 6 nitrogen and oxygen atoms in total. The molecule has 1 aliphatic heterocycles. The van der Waals surface area contributed by atoms with Gasteiger partial charge in [-0.1, -0.05) is 0 Å². The molecular weight excluding hydrogens is 354 g/mol. The van der Waals surface area contributed by atoms with Gasteiger partial charge >= 0.3 is 0 Å². The van der Waals surface area contributed by atoms with Crippen molar-refractivity contribution in [2.45, 2.75) is 38.1 Å². The molecule has 2 heterocycles. The number of hydrogen-bond acceptors (Lipinski definition) is 3. The predicted molar refractivity (Wildman–Crippen MR) is 94.3 cm³/mol. The van der Waals surface area contributed by atoms with Crippen molar-refractivity contribution in [2.75, 3.05) is 18.4 Å². The molecule has 1 aliphatic carbocycles. The Morgan fingerprint density at radius 3 is 2.52 bits per heavy atom. The van der Waals surface area contributed by atoms with E-state index in [0.29, 0.717) is 24.7 Å². The first-order chi connectivity index (χ1) is 13.0. The van der Waals surface area contributed by atoms with Crippen LogP contribution in [0.5, 0.6) is 0 Å². The lowest BCUT2D eigenvalue weighted by atomic mass is 10.2. The lowest BCUT2D eigenvalue weighted by Crippen LogP contribution is -2.31. The Morgan fingerprint density at radius 2 is 1.85 bits per heavy atom. The highest BCUT2D eigenvalue weighted by Gasteiger charge is 2.31. The zero-order valence-electron chi connectivity index (χ0n) is 14.8. The fraction of sp³-hybridized carbons (Fsp3) is 0.421. The van der Waals surface area contributed by atoms with Crippen molar-refractivity contribution in [1.29, 1.82) is 0 Å². The van der Waals surface area contributed by atoms with E-state index in [9.17, 15) is 18.4 Å². The summed E-state index contributed by atoms with van der Waals surface area (Å²) in [5.41, 5.74) is 1.39. The Kier molecular flexibility index (Phi) is 4.63. The highest BCUT2D eigenvalue weighted by atomic mass is 19.2. The van der Waals surface area contributed by atoms with Crippen LogP contribution in [0.25, 0.3) is 0 Å². The maximum absolute atomic E-state index is 13.3. The molecule has 4 rings (SSSR count). The molecule has 8 heteroatoms. The standard InChI is InChI=1S/C19H20F2N4O2/c20-14-6-5-13(9-15(14)21)22-18(26)11-25-17(10-16(23-25)12-3-4-12)19(27)24-7-1-2-8-24/h5-6,9-10,12H,1-4,7-8,11H2,(H,22,26). The third-order valence-corrected chi connectivity index (χ3v) is 4.90. The minimum atomic E-state index is -1.03. The zero-order chi connectivity index (χ0) is 19.0. The summed E-state index contributed by atoms with van der Waals surface area (Å²) in [5, 5.41) is 6.97. The molecule has 2 aromatic rings. The normalized spacial score (nSPS) is 16.6. The summed E-state index contributed by atoms with van der Waals surface area (Å²) < 4.78 is 27.7. The van der Waals surface area contributed by atoms with Crippen LogP contribution in [0.15, 0.2) is 24.3 Å². The molecule has 2 fully saturated rings. The SMILES string of the molecule is O=C(Cn1nc(C2CC2)cc1C(=O)N1CCCC1)Nc1ccc(F)c(F)c1. The van der Waals surface area contributed by atoms with E-state index in [1.54, 1.807) is 11.0 Å². The molecule has 1 aromatic carbocycles. The maximum Gasteiger partial charge on any atom is 0.272 e. The first kappa shape index (κ1) is 17.6. The molecular formula is C19H20F2N4O2. The summed E-state index contributed by atoms with van der Waals surface area (Å²) >= 11 is 0. The highest BCUT2D eigenvalue weighted by molar-refractivity contribution is 5.95. The summed E-state index contributed by atoms with van der Waals surface area (Å²) in [6.07, 6.45) is 4.03. The molecule has 0 spiro atoms. The van der Waals surface area contributed by atoms with E-state index >= 15 is 0 Å². The Labute approximate surface area is 155 Å². The van der Waals surface area contributed by atoms with E-state index in [2.05, 4.69) is 10.4 Å². The zero-order valence-corrected chi connectivity index (χ0v) is 14.8. The third-order valence-electron chi connectivity index (χ3n) is 4.90. The van der Waals surface area contributed by atoms with Gasteiger partial charge in [-0.2, -0.15) is 5.10 Å². The number of aromatic nitrogens is 2. The van der Waals surface area contributed by atoms with E-state index in [-0.39, 0.29) is 18.1 Å². The number of anilines is 1. The Hall–Kier alpha value is -2.77. The van der Waals surface area contributed by atoms with Crippen LogP contribution in [0.2, 0.25) is 0 Å². The smallest absolute Gasteiger partial charge is 0.272 e. The largest absolute Gasteiger partial charge is 0.337 e. The Balaban J connectivity index is 1.52. The molecule has 142 valence electrons. The van der Waals surface area contributed by atoms with Crippen molar-refractivity contribution >= 4 is 17.5 Å². The molecule has 2 aliphatic rings. The minimum absolute atomic E-state index is 0.118. The molecule has 0 radical (unpaired) electrons. The number of hydrogen-bond donors (Lipinski definition) is 1. The van der Waals surface area contributed by atoms with Crippen molar-refractivity contribution in [1.82, 2.24) is 14.7 Å². The van der Waals surface area contributed by atoms with Gasteiger partial charge in [-0.15, -0.1) is 0 Å². The fourth-order valence-electron chi connectivity index (χ4n) is 3.30. The average molecular weight is 374 g/mol. The van der Waals surface area contributed by atoms with Crippen LogP contribution in [-0.2, 0) is 11.3 Å². The second-order valence-electron chi connectivity index (χ2n) is 7.06. The lowest BCUT2D eigenvalue weighted by molar-refractivity contribution is -0.116. The second-order valence-corrected chi connectivity index (χ2v) is 7.06. The number of rotatable bonds is 5. The van der Waals surface area contributed by atoms with Gasteiger partial charge in [0, 0.05) is 30.8 Å². The van der Waals surface area contributed by atoms with Crippen molar-refractivity contribution < 1.29 is 18.4 Å². The van der Waals surface area contributed by atoms with E-state index < -0.39 is 17.5 Å². The van der Waals surface area contributed by atoms with E-state index in [4.69, 9.17) is 0 Å². The molecule has 1 aromatic heterocycles. The summed E-state index contributed by atoms with van der Waals surface area (Å²) in [6, 6.07) is 4.93. The molecule has 1 saturated carbocycles. The maximum atomic E-state index is 13.3. The van der Waals surface area contributed by atoms with Gasteiger partial charge in [-0.3, -0.25) is 14.3 Å². The molecule has 27 heavy (non-hydrogen) atoms. The van der Waals surface area contributed by atoms with Crippen LogP contribution < -0.4 is 5.32 Å². The highest BCUT2D eigenvalue weighted by Crippen LogP contribution is 2.39. The number of amides is 2. The lowest BCUT2D eigenvalue weighted by Gasteiger charge is -2.16. The van der Waals surface area contributed by atoms with Crippen LogP contribution in [0.4, 0.5) is 14.5 Å². The van der Waals surface area contributed by atoms with E-state index in [0.717, 1.165) is 43.5 Å². The number of carbonyl (C=O) groups excluding carboxylic acids is 2. The van der Waals surface area contributed by atoms with Crippen LogP contribution in [0, 0.1) is 11.6 Å². The van der Waals surface area contributed by atoms with Crippen molar-refractivity contribution in [3.05, 3.63) is 47.3 Å². The summed E-state index contributed by atoms with van der Waals surface area (Å²) in [4.78, 5) is 26.9. The first-order valence-electron chi connectivity index (χ1n) is 9.13. The monoisotopic (exact) mass is 374 g/mol. The number of nitrogens with zero attached hydrogens (tertiary/aromatic N) is 3. The number of nitrogens with one attached hydrogen (secondary N) is 1. The summed E-state index contributed by atoms with van der Waals surface area (Å²) in [6.45, 7) is 1.26. The van der Waals surface area contributed by atoms with Crippen LogP contribution in [0.3, 0.4) is 0 Å². The average Bonchev–Trinajstić information content (AvgIpc) is 3.17. The Bertz CT molecular complexity index is 886. The summed E-state index contributed by atoms with van der Waals surface area (Å²) in [5.74, 6) is -2.24. The molecule has 2 amide bonds. The van der Waals surface area contributed by atoms with Gasteiger partial charge in [0.15, 0.2) is 11.6 Å². The van der Waals surface area contributed by atoms with Gasteiger partial charge < -0.3 is 10.2 Å². The number of halogens is 2. The quantitative estimate of drug-likeness (QED) is 0.875. The Morgan fingerprint density at radius 1 is 1.11 bits per heavy atom. The first-order valence-corrected chi connectivity index (χ1v) is 9.13. The molecule has 0 atom stereocenters. The third kappa shape index (κ3) is 3.84. The number of carbonyl (C=O) groups is 2. The van der Waals surface area contributed by atoms with Crippen molar-refractivity contribution in [2.24, 2.45) is 0 Å². The number of benzene rings is 1. The van der Waals surface area contributed by atoms with Gasteiger partial charge in [0.05, 0.1) is 5.69 Å². The van der Waals surface area contributed by atoms with E-state index in [1.165, 1.54) is 10.7 Å². The topological polar surface area (TPSA) is 67.2 Å². The van der Waals surface area contributed by atoms with Gasteiger partial charge in [0.1, 0.15) is 12.2 Å². The van der Waals surface area contributed by atoms with E-state index in [1.807, 2.05) is 0 Å². The fourth-order valence-corrected chi connectivity index (χ4v) is 3.30. The van der Waals surface area contributed by atoms with Gasteiger partial charge in [-0.05, 0) is 43.9 Å². The molecule has 0 unspecified atom stereocenters. The van der Waals surface area contributed by atoms with Gasteiger partial charge in [0.2, 0.25) is 5.91 Å². The van der Waals surface area contributed by atoms with Crippen LogP contribution in [0.1, 0.15) is 47.8 Å².